The molecule has 0 radical (unpaired) electrons. The Morgan fingerprint density at radius 3 is 2.69 bits per heavy atom. The van der Waals surface area contributed by atoms with Crippen LogP contribution in [0, 0.1) is 0 Å². The van der Waals surface area contributed by atoms with Gasteiger partial charge in [-0.25, -0.2) is 0 Å². The Morgan fingerprint density at radius 2 is 2.06 bits per heavy atom. The van der Waals surface area contributed by atoms with Crippen LogP contribution < -0.4 is 10.5 Å². The molecule has 0 saturated heterocycles. The maximum Gasteiger partial charge on any atom is 0.122 e. The van der Waals surface area contributed by atoms with Crippen LogP contribution in [0.25, 0.3) is 10.9 Å². The minimum absolute atomic E-state index is 0. The van der Waals surface area contributed by atoms with Crippen LogP contribution in [0.2, 0.25) is 0 Å². The number of hydrogen-bond donors (Lipinski definition) is 1. The summed E-state index contributed by atoms with van der Waals surface area (Å²) in [5.74, 6) is 0.930. The van der Waals surface area contributed by atoms with Crippen LogP contribution >= 0.6 is 12.4 Å². The van der Waals surface area contributed by atoms with Gasteiger partial charge in [-0.3, -0.25) is 0 Å². The SMILES string of the molecule is COc1ccc2c(ccn2C)c1CCN.Cl. The van der Waals surface area contributed by atoms with E-state index in [0.29, 0.717) is 6.54 Å². The van der Waals surface area contributed by atoms with Gasteiger partial charge in [-0.1, -0.05) is 0 Å². The van der Waals surface area contributed by atoms with E-state index in [1.807, 2.05) is 13.1 Å². The van der Waals surface area contributed by atoms with E-state index in [-0.39, 0.29) is 12.4 Å². The number of ether oxygens (including phenoxy) is 1. The van der Waals surface area contributed by atoms with Crippen LogP contribution in [0.1, 0.15) is 5.56 Å². The molecule has 0 bridgehead atoms. The van der Waals surface area contributed by atoms with Crippen molar-refractivity contribution in [3.05, 3.63) is 30.0 Å². The van der Waals surface area contributed by atoms with Crippen molar-refractivity contribution in [2.24, 2.45) is 12.8 Å². The van der Waals surface area contributed by atoms with Crippen LogP contribution in [0.4, 0.5) is 0 Å². The van der Waals surface area contributed by atoms with Gasteiger partial charge in [-0.05, 0) is 31.2 Å². The lowest BCUT2D eigenvalue weighted by Crippen LogP contribution is -2.04. The summed E-state index contributed by atoms with van der Waals surface area (Å²) in [6.45, 7) is 0.643. The van der Waals surface area contributed by atoms with Crippen molar-refractivity contribution < 1.29 is 4.74 Å². The molecule has 0 aliphatic heterocycles. The molecular formula is C12H17ClN2O. The summed E-state index contributed by atoms with van der Waals surface area (Å²) in [6.07, 6.45) is 2.91. The van der Waals surface area contributed by atoms with Gasteiger partial charge in [0.1, 0.15) is 5.75 Å². The number of benzene rings is 1. The first-order valence-electron chi connectivity index (χ1n) is 5.09. The number of nitrogens with two attached hydrogens (primary N) is 1. The molecule has 0 amide bonds. The first-order valence-corrected chi connectivity index (χ1v) is 5.09. The van der Waals surface area contributed by atoms with Crippen LogP contribution in [-0.4, -0.2) is 18.2 Å². The van der Waals surface area contributed by atoms with Crippen LogP contribution in [0.5, 0.6) is 5.75 Å². The smallest absolute Gasteiger partial charge is 0.122 e. The maximum absolute atomic E-state index is 5.62. The largest absolute Gasteiger partial charge is 0.496 e. The van der Waals surface area contributed by atoms with Crippen molar-refractivity contribution in [1.29, 1.82) is 0 Å². The lowest BCUT2D eigenvalue weighted by atomic mass is 10.1. The second-order valence-electron chi connectivity index (χ2n) is 3.64. The molecule has 2 aromatic rings. The van der Waals surface area contributed by atoms with Gasteiger partial charge < -0.3 is 15.0 Å². The first-order chi connectivity index (χ1) is 7.27. The van der Waals surface area contributed by atoms with Crippen molar-refractivity contribution in [3.8, 4) is 5.75 Å². The monoisotopic (exact) mass is 240 g/mol. The van der Waals surface area contributed by atoms with Crippen molar-refractivity contribution in [2.75, 3.05) is 13.7 Å². The summed E-state index contributed by atoms with van der Waals surface area (Å²) in [7, 11) is 3.74. The van der Waals surface area contributed by atoms with Crippen molar-refractivity contribution in [2.45, 2.75) is 6.42 Å². The van der Waals surface area contributed by atoms with E-state index >= 15 is 0 Å². The van der Waals surface area contributed by atoms with Gasteiger partial charge in [-0.2, -0.15) is 0 Å². The number of halogens is 1. The second-order valence-corrected chi connectivity index (χ2v) is 3.64. The van der Waals surface area contributed by atoms with Crippen molar-refractivity contribution >= 4 is 23.3 Å². The second kappa shape index (κ2) is 5.23. The number of aromatic nitrogens is 1. The van der Waals surface area contributed by atoms with E-state index < -0.39 is 0 Å². The van der Waals surface area contributed by atoms with E-state index in [2.05, 4.69) is 22.9 Å². The Morgan fingerprint density at radius 1 is 1.31 bits per heavy atom. The van der Waals surface area contributed by atoms with Gasteiger partial charge in [0.15, 0.2) is 0 Å². The van der Waals surface area contributed by atoms with Gasteiger partial charge in [0.2, 0.25) is 0 Å². The molecule has 0 unspecified atom stereocenters. The first kappa shape index (κ1) is 12.9. The third-order valence-electron chi connectivity index (χ3n) is 2.75. The molecule has 2 rings (SSSR count). The van der Waals surface area contributed by atoms with E-state index in [0.717, 1.165) is 12.2 Å². The molecule has 4 heteroatoms. The molecule has 0 aliphatic rings. The molecule has 2 N–H and O–H groups in total. The normalized spacial score (nSPS) is 10.2. The summed E-state index contributed by atoms with van der Waals surface area (Å²) < 4.78 is 7.46. The fourth-order valence-corrected chi connectivity index (χ4v) is 1.99. The third kappa shape index (κ3) is 2.01. The van der Waals surface area contributed by atoms with E-state index in [4.69, 9.17) is 10.5 Å². The molecule has 1 aromatic carbocycles. The highest BCUT2D eigenvalue weighted by atomic mass is 35.5. The summed E-state index contributed by atoms with van der Waals surface area (Å²) in [5.41, 5.74) is 8.05. The Bertz CT molecular complexity index is 479. The highest BCUT2D eigenvalue weighted by Gasteiger charge is 2.09. The summed E-state index contributed by atoms with van der Waals surface area (Å²) in [5, 5.41) is 1.24. The number of hydrogen-bond acceptors (Lipinski definition) is 2. The van der Waals surface area contributed by atoms with E-state index in [9.17, 15) is 0 Å². The molecule has 1 heterocycles. The van der Waals surface area contributed by atoms with Gasteiger partial charge in [0.05, 0.1) is 7.11 Å². The van der Waals surface area contributed by atoms with Gasteiger partial charge >= 0.3 is 0 Å². The predicted octanol–water partition coefficient (Wildman–Crippen LogP) is 2.11. The molecule has 16 heavy (non-hydrogen) atoms. The Kier molecular flexibility index (Phi) is 4.21. The molecular weight excluding hydrogens is 224 g/mol. The van der Waals surface area contributed by atoms with E-state index in [1.165, 1.54) is 16.5 Å². The minimum Gasteiger partial charge on any atom is -0.496 e. The molecule has 88 valence electrons. The average Bonchev–Trinajstić information content (AvgIpc) is 2.62. The van der Waals surface area contributed by atoms with Gasteiger partial charge in [0, 0.05) is 29.7 Å². The molecule has 0 fully saturated rings. The lowest BCUT2D eigenvalue weighted by Gasteiger charge is -2.09. The fourth-order valence-electron chi connectivity index (χ4n) is 1.99. The van der Waals surface area contributed by atoms with Gasteiger partial charge in [-0.15, -0.1) is 12.4 Å². The highest BCUT2D eigenvalue weighted by Crippen LogP contribution is 2.28. The summed E-state index contributed by atoms with van der Waals surface area (Å²) >= 11 is 0. The van der Waals surface area contributed by atoms with Crippen molar-refractivity contribution in [3.63, 3.8) is 0 Å². The highest BCUT2D eigenvalue weighted by molar-refractivity contribution is 5.86. The van der Waals surface area contributed by atoms with E-state index in [1.54, 1.807) is 7.11 Å². The zero-order valence-electron chi connectivity index (χ0n) is 9.56. The number of rotatable bonds is 3. The zero-order chi connectivity index (χ0) is 10.8. The zero-order valence-corrected chi connectivity index (χ0v) is 10.4. The molecule has 0 atom stereocenters. The van der Waals surface area contributed by atoms with Crippen LogP contribution in [0.15, 0.2) is 24.4 Å². The molecule has 3 nitrogen and oxygen atoms in total. The number of fused-ring (bicyclic) bond motifs is 1. The topological polar surface area (TPSA) is 40.2 Å². The van der Waals surface area contributed by atoms with Crippen LogP contribution in [0.3, 0.4) is 0 Å². The average molecular weight is 241 g/mol. The Hall–Kier alpha value is -1.19. The molecule has 0 saturated carbocycles. The molecule has 0 spiro atoms. The van der Waals surface area contributed by atoms with Crippen LogP contribution in [-0.2, 0) is 13.5 Å². The van der Waals surface area contributed by atoms with Gasteiger partial charge in [0.25, 0.3) is 0 Å². The van der Waals surface area contributed by atoms with Crippen molar-refractivity contribution in [1.82, 2.24) is 4.57 Å². The number of aryl methyl sites for hydroxylation is 1. The fraction of sp³-hybridized carbons (Fsp3) is 0.333. The maximum atomic E-state index is 5.62. The Balaban J connectivity index is 0.00000128. The lowest BCUT2D eigenvalue weighted by molar-refractivity contribution is 0.410. The molecule has 1 aromatic heterocycles. The predicted molar refractivity (Wildman–Crippen MR) is 69.5 cm³/mol. The number of methoxy groups -OCH3 is 1. The summed E-state index contributed by atoms with van der Waals surface area (Å²) in [6, 6.07) is 6.20. The third-order valence-corrected chi connectivity index (χ3v) is 2.75. The number of nitrogens with zero attached hydrogens (tertiary/aromatic N) is 1. The standard InChI is InChI=1S/C12H16N2O.ClH/c1-14-8-6-9-10(5-7-13)12(15-2)4-3-11(9)14;/h3-4,6,8H,5,7,13H2,1-2H3;1H. The Labute approximate surface area is 102 Å². The minimum atomic E-state index is 0. The quantitative estimate of drug-likeness (QED) is 0.893. The molecule has 0 aliphatic carbocycles. The summed E-state index contributed by atoms with van der Waals surface area (Å²) in [4.78, 5) is 0.